The van der Waals surface area contributed by atoms with Gasteiger partial charge in [-0.15, -0.1) is 0 Å². The Bertz CT molecular complexity index is 368. The molecule has 0 aliphatic carbocycles. The van der Waals surface area contributed by atoms with Crippen LogP contribution in [0.5, 0.6) is 11.5 Å². The van der Waals surface area contributed by atoms with Gasteiger partial charge in [0.1, 0.15) is 6.17 Å². The second-order valence-corrected chi connectivity index (χ2v) is 3.59. The molecule has 0 aromatic heterocycles. The van der Waals surface area contributed by atoms with Crippen molar-refractivity contribution in [2.45, 2.75) is 13.1 Å². The van der Waals surface area contributed by atoms with Gasteiger partial charge in [-0.3, -0.25) is 0 Å². The number of halogens is 1. The van der Waals surface area contributed by atoms with Crippen LogP contribution in [0.15, 0.2) is 12.1 Å². The molecular weight excluding hydrogens is 197 g/mol. The van der Waals surface area contributed by atoms with Crippen molar-refractivity contribution in [1.82, 2.24) is 5.32 Å². The van der Waals surface area contributed by atoms with Crippen molar-refractivity contribution in [2.24, 2.45) is 0 Å². The number of hydrogen-bond acceptors (Lipinski definition) is 3. The molecular formula is C11H14FNO2. The number of aryl methyl sites for hydroxylation is 1. The van der Waals surface area contributed by atoms with Crippen molar-refractivity contribution in [3.8, 4) is 11.5 Å². The third-order valence-electron chi connectivity index (χ3n) is 2.48. The zero-order chi connectivity index (χ0) is 10.8. The highest BCUT2D eigenvalue weighted by molar-refractivity contribution is 5.49. The number of nitrogens with one attached hydrogen (secondary N) is 1. The smallest absolute Gasteiger partial charge is 0.231 e. The summed E-state index contributed by atoms with van der Waals surface area (Å²) in [6, 6.07) is 3.54. The van der Waals surface area contributed by atoms with Crippen molar-refractivity contribution in [1.29, 1.82) is 0 Å². The van der Waals surface area contributed by atoms with E-state index >= 15 is 0 Å². The quantitative estimate of drug-likeness (QED) is 0.829. The minimum Gasteiger partial charge on any atom is -0.454 e. The summed E-state index contributed by atoms with van der Waals surface area (Å²) >= 11 is 0. The summed E-state index contributed by atoms with van der Waals surface area (Å²) in [7, 11) is 1.73. The van der Waals surface area contributed by atoms with Crippen LogP contribution in [-0.4, -0.2) is 20.4 Å². The molecule has 1 aliphatic rings. The predicted molar refractivity (Wildman–Crippen MR) is 55.1 cm³/mol. The molecule has 1 unspecified atom stereocenters. The molecule has 0 saturated heterocycles. The van der Waals surface area contributed by atoms with E-state index in [1.807, 2.05) is 13.0 Å². The van der Waals surface area contributed by atoms with Crippen LogP contribution >= 0.6 is 0 Å². The molecule has 0 bridgehead atoms. The largest absolute Gasteiger partial charge is 0.454 e. The standard InChI is InChI=1S/C11H14FNO2/c1-7-3-10-11(15-6-14-10)4-8(7)9(12)5-13-2/h3-4,9,13H,5-6H2,1-2H3. The first-order valence-electron chi connectivity index (χ1n) is 4.91. The van der Waals surface area contributed by atoms with E-state index < -0.39 is 6.17 Å². The van der Waals surface area contributed by atoms with Gasteiger partial charge in [0.2, 0.25) is 6.79 Å². The monoisotopic (exact) mass is 211 g/mol. The number of benzene rings is 1. The van der Waals surface area contributed by atoms with Gasteiger partial charge in [0.05, 0.1) is 0 Å². The maximum Gasteiger partial charge on any atom is 0.231 e. The van der Waals surface area contributed by atoms with Gasteiger partial charge >= 0.3 is 0 Å². The number of likely N-dealkylation sites (N-methyl/N-ethyl adjacent to an activating group) is 1. The summed E-state index contributed by atoms with van der Waals surface area (Å²) < 4.78 is 24.1. The van der Waals surface area contributed by atoms with Gasteiger partial charge in [-0.25, -0.2) is 4.39 Å². The van der Waals surface area contributed by atoms with E-state index in [0.717, 1.165) is 5.56 Å². The lowest BCUT2D eigenvalue weighted by Gasteiger charge is -2.11. The van der Waals surface area contributed by atoms with Gasteiger partial charge in [0, 0.05) is 6.54 Å². The van der Waals surface area contributed by atoms with E-state index in [1.165, 1.54) is 0 Å². The first-order valence-corrected chi connectivity index (χ1v) is 4.91. The topological polar surface area (TPSA) is 30.5 Å². The van der Waals surface area contributed by atoms with Gasteiger partial charge in [0.15, 0.2) is 11.5 Å². The maximum absolute atomic E-state index is 13.7. The number of fused-ring (bicyclic) bond motifs is 1. The SMILES string of the molecule is CNCC(F)c1cc2c(cc1C)OCO2. The maximum atomic E-state index is 13.7. The van der Waals surface area contributed by atoms with Crippen LogP contribution < -0.4 is 14.8 Å². The molecule has 0 saturated carbocycles. The van der Waals surface area contributed by atoms with E-state index in [0.29, 0.717) is 23.6 Å². The molecule has 4 heteroatoms. The summed E-state index contributed by atoms with van der Waals surface area (Å²) in [5.41, 5.74) is 1.55. The van der Waals surface area contributed by atoms with E-state index in [1.54, 1.807) is 13.1 Å². The fraction of sp³-hybridized carbons (Fsp3) is 0.455. The van der Waals surface area contributed by atoms with Crippen molar-refractivity contribution in [3.63, 3.8) is 0 Å². The molecule has 0 fully saturated rings. The molecule has 0 spiro atoms. The third-order valence-corrected chi connectivity index (χ3v) is 2.48. The Morgan fingerprint density at radius 2 is 2.07 bits per heavy atom. The van der Waals surface area contributed by atoms with Crippen LogP contribution in [0.25, 0.3) is 0 Å². The Kier molecular flexibility index (Phi) is 2.77. The zero-order valence-electron chi connectivity index (χ0n) is 8.84. The van der Waals surface area contributed by atoms with Gasteiger partial charge in [-0.2, -0.15) is 0 Å². The van der Waals surface area contributed by atoms with Crippen LogP contribution in [0.4, 0.5) is 4.39 Å². The van der Waals surface area contributed by atoms with E-state index in [9.17, 15) is 4.39 Å². The van der Waals surface area contributed by atoms with Gasteiger partial charge < -0.3 is 14.8 Å². The van der Waals surface area contributed by atoms with Crippen molar-refractivity contribution in [2.75, 3.05) is 20.4 Å². The first kappa shape index (κ1) is 10.2. The Morgan fingerprint density at radius 3 is 2.73 bits per heavy atom. The number of alkyl halides is 1. The molecule has 1 heterocycles. The second kappa shape index (κ2) is 4.06. The summed E-state index contributed by atoms with van der Waals surface area (Å²) in [5, 5.41) is 2.81. The van der Waals surface area contributed by atoms with Crippen molar-refractivity contribution in [3.05, 3.63) is 23.3 Å². The number of hydrogen-bond donors (Lipinski definition) is 1. The third kappa shape index (κ3) is 1.90. The van der Waals surface area contributed by atoms with Crippen LogP contribution in [0.3, 0.4) is 0 Å². The Labute approximate surface area is 88.2 Å². The minimum absolute atomic E-state index is 0.223. The summed E-state index contributed by atoms with van der Waals surface area (Å²) in [4.78, 5) is 0. The lowest BCUT2D eigenvalue weighted by Crippen LogP contribution is -2.14. The summed E-state index contributed by atoms with van der Waals surface area (Å²) in [6.07, 6.45) is -1.01. The van der Waals surface area contributed by atoms with Gasteiger partial charge in [-0.05, 0) is 37.2 Å². The Balaban J connectivity index is 2.31. The van der Waals surface area contributed by atoms with E-state index in [4.69, 9.17) is 9.47 Å². The molecule has 1 atom stereocenters. The Hall–Kier alpha value is -1.29. The van der Waals surface area contributed by atoms with Gasteiger partial charge in [0.25, 0.3) is 0 Å². The predicted octanol–water partition coefficient (Wildman–Crippen LogP) is 1.95. The van der Waals surface area contributed by atoms with E-state index in [2.05, 4.69) is 5.32 Å². The van der Waals surface area contributed by atoms with Crippen LogP contribution in [-0.2, 0) is 0 Å². The second-order valence-electron chi connectivity index (χ2n) is 3.59. The molecule has 1 aliphatic heterocycles. The average molecular weight is 211 g/mol. The highest BCUT2D eigenvalue weighted by atomic mass is 19.1. The molecule has 1 N–H and O–H groups in total. The van der Waals surface area contributed by atoms with Crippen LogP contribution in [0.1, 0.15) is 17.3 Å². The first-order chi connectivity index (χ1) is 7.22. The fourth-order valence-electron chi connectivity index (χ4n) is 1.69. The molecule has 1 aromatic rings. The normalized spacial score (nSPS) is 15.4. The van der Waals surface area contributed by atoms with Crippen molar-refractivity contribution >= 4 is 0 Å². The van der Waals surface area contributed by atoms with Crippen molar-refractivity contribution < 1.29 is 13.9 Å². The van der Waals surface area contributed by atoms with Crippen LogP contribution in [0, 0.1) is 6.92 Å². The van der Waals surface area contributed by atoms with E-state index in [-0.39, 0.29) is 6.79 Å². The summed E-state index contributed by atoms with van der Waals surface area (Å²) in [6.45, 7) is 2.40. The molecule has 2 rings (SSSR count). The Morgan fingerprint density at radius 1 is 1.40 bits per heavy atom. The van der Waals surface area contributed by atoms with Gasteiger partial charge in [-0.1, -0.05) is 0 Å². The lowest BCUT2D eigenvalue weighted by atomic mass is 10.0. The zero-order valence-corrected chi connectivity index (χ0v) is 8.84. The highest BCUT2D eigenvalue weighted by Gasteiger charge is 2.19. The lowest BCUT2D eigenvalue weighted by molar-refractivity contribution is 0.174. The average Bonchev–Trinajstić information content (AvgIpc) is 2.63. The highest BCUT2D eigenvalue weighted by Crippen LogP contribution is 2.37. The molecule has 1 aromatic carbocycles. The summed E-state index contributed by atoms with van der Waals surface area (Å²) in [5.74, 6) is 1.34. The fourth-order valence-corrected chi connectivity index (χ4v) is 1.69. The van der Waals surface area contributed by atoms with Crippen LogP contribution in [0.2, 0.25) is 0 Å². The number of rotatable bonds is 3. The molecule has 0 amide bonds. The minimum atomic E-state index is -1.01. The molecule has 0 radical (unpaired) electrons. The number of ether oxygens (including phenoxy) is 2. The molecule has 82 valence electrons. The molecule has 3 nitrogen and oxygen atoms in total. The molecule has 15 heavy (non-hydrogen) atoms.